The molecule has 9 rings (SSSR count). The van der Waals surface area contributed by atoms with Crippen LogP contribution in [0.25, 0.3) is 0 Å². The summed E-state index contributed by atoms with van der Waals surface area (Å²) in [5, 5.41) is 80.0. The summed E-state index contributed by atoms with van der Waals surface area (Å²) < 4.78 is 36.3. The van der Waals surface area contributed by atoms with Crippen LogP contribution < -0.4 is 33.9 Å². The Hall–Kier alpha value is -6.99. The Labute approximate surface area is 463 Å². The van der Waals surface area contributed by atoms with Crippen molar-refractivity contribution in [2.45, 2.75) is 102 Å². The minimum absolute atomic E-state index is 0.0725. The molecule has 6 heterocycles. The lowest BCUT2D eigenvalue weighted by atomic mass is 9.77. The molecule has 8 N–H and O–H groups in total. The molecular formula is C45H52B3N9O17S4. The summed E-state index contributed by atoms with van der Waals surface area (Å²) in [6, 6.07) is 8.53. The molecule has 0 radical (unpaired) electrons. The molecule has 78 heavy (non-hydrogen) atoms. The van der Waals surface area contributed by atoms with Crippen molar-refractivity contribution in [3.63, 3.8) is 0 Å². The fourth-order valence-electron chi connectivity index (χ4n) is 8.15. The van der Waals surface area contributed by atoms with Crippen LogP contribution in [0.4, 0.5) is 5.13 Å². The Bertz CT molecular complexity index is 3110. The first kappa shape index (κ1) is 60.2. The second kappa shape index (κ2) is 28.1. The number of aryl methyl sites for hydroxylation is 3. The van der Waals surface area contributed by atoms with E-state index in [0.29, 0.717) is 61.3 Å². The van der Waals surface area contributed by atoms with Crippen LogP contribution in [-0.4, -0.2) is 152 Å². The topological polar surface area (TPSA) is 375 Å². The van der Waals surface area contributed by atoms with E-state index >= 15 is 0 Å². The van der Waals surface area contributed by atoms with Crippen molar-refractivity contribution in [3.05, 3.63) is 81.9 Å². The van der Waals surface area contributed by atoms with Gasteiger partial charge in [-0.25, -0.2) is 19.4 Å². The van der Waals surface area contributed by atoms with Gasteiger partial charge in [0.2, 0.25) is 10.3 Å². The first-order valence-corrected chi connectivity index (χ1v) is 27.0. The van der Waals surface area contributed by atoms with Crippen molar-refractivity contribution < 1.29 is 82.5 Å². The standard InChI is InChI=1S/C16H20BN3O5S.C15H18BN3O5S.C13H14BN3O5S2.CO2/c1-3-4-7-20-9-18-16(19-20)26-12-8-10-5-6-11(24-2)13(15(21)22)14(10)25-17(12)23;1-3-6-19-8-17-18-15(19)25-11-7-9-4-5-10(23-2)12(14(20)21)13(9)24-16(11)22;1-5-3-6-4-7(23-13-17-16-12(15)24-13)14(20)22-10(6)8(11(18)19)9(5)21-2;2-1-3/h5-6,9,12,23H,3-4,7-8H2,1-2H3,(H,21,22);4-5,8,11,22H,3,6-7H2,1-2H3,(H,20,21);3,7,20H,4H2,1-2H3,(H2,15,16)(H,18,19);/t12-;11-;7-;/m000./s1. The van der Waals surface area contributed by atoms with Gasteiger partial charge in [-0.1, -0.05) is 79.0 Å². The summed E-state index contributed by atoms with van der Waals surface area (Å²) in [4.78, 5) is 55.2. The van der Waals surface area contributed by atoms with Crippen molar-refractivity contribution in [2.24, 2.45) is 0 Å². The average Bonchev–Trinajstić information content (AvgIpc) is 4.28. The van der Waals surface area contributed by atoms with E-state index in [9.17, 15) is 44.8 Å². The Morgan fingerprint density at radius 3 is 1.74 bits per heavy atom. The Morgan fingerprint density at radius 1 is 0.731 bits per heavy atom. The van der Waals surface area contributed by atoms with Crippen LogP contribution in [0.5, 0.6) is 34.5 Å². The predicted octanol–water partition coefficient (Wildman–Crippen LogP) is 4.08. The van der Waals surface area contributed by atoms with Gasteiger partial charge in [-0.2, -0.15) is 9.59 Å². The average molecular weight is 1150 g/mol. The number of carbonyl (C=O) groups excluding carboxylic acids is 2. The van der Waals surface area contributed by atoms with E-state index in [1.165, 1.54) is 68.0 Å². The summed E-state index contributed by atoms with van der Waals surface area (Å²) >= 11 is 5.21. The minimum Gasteiger partial charge on any atom is -0.534 e. The number of hydrogen-bond donors (Lipinski definition) is 7. The number of hydrogen-bond acceptors (Lipinski definition) is 25. The van der Waals surface area contributed by atoms with Gasteiger partial charge in [0.25, 0.3) is 0 Å². The molecule has 3 aliphatic heterocycles. The van der Waals surface area contributed by atoms with Crippen LogP contribution in [0.15, 0.2) is 57.6 Å². The number of carboxylic acid groups (broad SMARTS) is 3. The number of anilines is 1. The summed E-state index contributed by atoms with van der Waals surface area (Å²) in [6.07, 6.45) is 7.93. The normalized spacial score (nSPS) is 15.8. The number of carbonyl (C=O) groups is 3. The zero-order chi connectivity index (χ0) is 56.8. The maximum atomic E-state index is 11.6. The summed E-state index contributed by atoms with van der Waals surface area (Å²) in [6.45, 7) is 7.53. The number of ether oxygens (including phenoxy) is 3. The van der Waals surface area contributed by atoms with Crippen LogP contribution in [0.2, 0.25) is 0 Å². The molecule has 0 spiro atoms. The zero-order valence-corrected chi connectivity index (χ0v) is 45.9. The zero-order valence-electron chi connectivity index (χ0n) is 42.6. The number of nitrogens with zero attached hydrogens (tertiary/aromatic N) is 8. The third-order valence-electron chi connectivity index (χ3n) is 11.6. The molecule has 6 aromatic rings. The van der Waals surface area contributed by atoms with E-state index in [1.54, 1.807) is 48.5 Å². The van der Waals surface area contributed by atoms with E-state index in [1.807, 2.05) is 10.6 Å². The first-order chi connectivity index (χ1) is 37.4. The number of carboxylic acids is 3. The highest BCUT2D eigenvalue weighted by atomic mass is 32.2. The summed E-state index contributed by atoms with van der Waals surface area (Å²) in [5.74, 6) is -2.39. The third-order valence-corrected chi connectivity index (χ3v) is 16.0. The highest BCUT2D eigenvalue weighted by Crippen LogP contribution is 2.44. The number of thioether (sulfide) groups is 3. The molecule has 0 saturated heterocycles. The van der Waals surface area contributed by atoms with E-state index in [-0.39, 0.29) is 72.8 Å². The minimum atomic E-state index is -1.18. The largest absolute Gasteiger partial charge is 0.537 e. The van der Waals surface area contributed by atoms with Crippen LogP contribution in [0, 0.1) is 6.92 Å². The molecule has 0 fully saturated rings. The second-order valence-electron chi connectivity index (χ2n) is 16.8. The van der Waals surface area contributed by atoms with Gasteiger partial charge in [-0.15, -0.1) is 25.5 Å². The lowest BCUT2D eigenvalue weighted by Gasteiger charge is -2.28. The third kappa shape index (κ3) is 14.6. The maximum Gasteiger partial charge on any atom is 0.537 e. The molecule has 33 heteroatoms. The number of nitrogens with two attached hydrogens (primary N) is 1. The van der Waals surface area contributed by atoms with E-state index in [4.69, 9.17) is 43.5 Å². The number of aromatic carboxylic acids is 3. The first-order valence-electron chi connectivity index (χ1n) is 23.6. The van der Waals surface area contributed by atoms with E-state index in [0.717, 1.165) is 32.4 Å². The number of fused-ring (bicyclic) bond motifs is 3. The summed E-state index contributed by atoms with van der Waals surface area (Å²) in [7, 11) is 0.686. The molecule has 412 valence electrons. The molecular weight excluding hydrogens is 1100 g/mol. The number of benzene rings is 3. The number of aromatic nitrogens is 8. The monoisotopic (exact) mass is 1150 g/mol. The van der Waals surface area contributed by atoms with Crippen LogP contribution in [-0.2, 0) is 41.9 Å². The van der Waals surface area contributed by atoms with Gasteiger partial charge in [0.15, 0.2) is 9.50 Å². The number of nitrogen functional groups attached to an aromatic ring is 1. The van der Waals surface area contributed by atoms with Crippen molar-refractivity contribution in [1.29, 1.82) is 0 Å². The lowest BCUT2D eigenvalue weighted by molar-refractivity contribution is -0.191. The van der Waals surface area contributed by atoms with Gasteiger partial charge < -0.3 is 68.9 Å². The Balaban J connectivity index is 0.000000185. The van der Waals surface area contributed by atoms with Crippen molar-refractivity contribution in [3.8, 4) is 34.5 Å². The van der Waals surface area contributed by atoms with Crippen LogP contribution in [0.3, 0.4) is 0 Å². The Morgan fingerprint density at radius 2 is 1.26 bits per heavy atom. The van der Waals surface area contributed by atoms with Crippen molar-refractivity contribution >= 4 is 97.2 Å². The van der Waals surface area contributed by atoms with Gasteiger partial charge in [-0.3, -0.25) is 4.68 Å². The van der Waals surface area contributed by atoms with Gasteiger partial charge in [0, 0.05) is 13.1 Å². The molecule has 3 aromatic carbocycles. The molecule has 0 bridgehead atoms. The van der Waals surface area contributed by atoms with E-state index in [2.05, 4.69) is 44.3 Å². The van der Waals surface area contributed by atoms with Gasteiger partial charge >= 0.3 is 45.4 Å². The molecule has 26 nitrogen and oxygen atoms in total. The Kier molecular flexibility index (Phi) is 21.7. The SMILES string of the molecule is CCCCn1cnc(S[C@H]2Cc3ccc(OC)c(C(=O)O)c3OB2O)n1.CCCn1cnnc1S[C@H]1Cc2ccc(OC)c(C(=O)O)c2OB1O.COc1c(C)cc2c(c1C(=O)O)OB(O)[C@@H](Sc1nnc(N)s1)C2.O=C=O. The number of unbranched alkanes of at least 4 members (excludes halogenated alkanes) is 1. The van der Waals surface area contributed by atoms with Crippen LogP contribution >= 0.6 is 46.6 Å². The van der Waals surface area contributed by atoms with E-state index < -0.39 is 39.3 Å². The second-order valence-corrected chi connectivity index (χ2v) is 21.7. The lowest BCUT2D eigenvalue weighted by Crippen LogP contribution is -2.41. The van der Waals surface area contributed by atoms with Crippen molar-refractivity contribution in [1.82, 2.24) is 39.7 Å². The summed E-state index contributed by atoms with van der Waals surface area (Å²) in [5.41, 5.74) is 8.15. The molecule has 0 saturated carbocycles. The van der Waals surface area contributed by atoms with Crippen LogP contribution in [0.1, 0.15) is 86.4 Å². The quantitative estimate of drug-likeness (QED) is 0.0633. The van der Waals surface area contributed by atoms with Crippen molar-refractivity contribution in [2.75, 3.05) is 27.1 Å². The number of rotatable bonds is 17. The maximum absolute atomic E-state index is 11.6. The molecule has 0 aliphatic carbocycles. The highest BCUT2D eigenvalue weighted by Gasteiger charge is 2.42. The smallest absolute Gasteiger partial charge is 0.534 e. The molecule has 3 aliphatic rings. The molecule has 0 unspecified atom stereocenters. The molecule has 3 aromatic heterocycles. The predicted molar refractivity (Wildman–Crippen MR) is 285 cm³/mol. The number of methoxy groups -OCH3 is 3. The fourth-order valence-corrected chi connectivity index (χ4v) is 12.1. The molecule has 3 atom stereocenters. The fraction of sp³-hybridized carbons (Fsp3) is 0.378. The van der Waals surface area contributed by atoms with Gasteiger partial charge in [0.05, 0.1) is 36.8 Å². The molecule has 0 amide bonds. The van der Waals surface area contributed by atoms with Gasteiger partial charge in [-0.05, 0) is 79.5 Å². The van der Waals surface area contributed by atoms with Gasteiger partial charge in [0.1, 0.15) is 63.8 Å². The highest BCUT2D eigenvalue weighted by molar-refractivity contribution is 8.03.